The molecule has 0 bridgehead atoms. The van der Waals surface area contributed by atoms with Crippen molar-refractivity contribution in [3.05, 3.63) is 29.8 Å². The molecule has 132 valence electrons. The number of hydrogen-bond acceptors (Lipinski definition) is 4. The van der Waals surface area contributed by atoms with Crippen LogP contribution >= 0.6 is 0 Å². The van der Waals surface area contributed by atoms with Crippen LogP contribution in [0.3, 0.4) is 0 Å². The highest BCUT2D eigenvalue weighted by molar-refractivity contribution is 5.96. The van der Waals surface area contributed by atoms with E-state index in [-0.39, 0.29) is 18.4 Å². The lowest BCUT2D eigenvalue weighted by Crippen LogP contribution is -2.41. The van der Waals surface area contributed by atoms with E-state index in [2.05, 4.69) is 19.2 Å². The first-order valence-corrected chi connectivity index (χ1v) is 7.78. The highest BCUT2D eigenvalue weighted by Gasteiger charge is 2.21. The van der Waals surface area contributed by atoms with Gasteiger partial charge in [-0.15, -0.1) is 0 Å². The summed E-state index contributed by atoms with van der Waals surface area (Å²) in [6.45, 7) is 4.78. The van der Waals surface area contributed by atoms with Crippen molar-refractivity contribution in [2.45, 2.75) is 39.2 Å². The van der Waals surface area contributed by atoms with Crippen LogP contribution < -0.4 is 10.1 Å². The molecule has 0 radical (unpaired) electrons. The van der Waals surface area contributed by atoms with Gasteiger partial charge in [0.2, 0.25) is 0 Å². The number of carboxylic acid groups (broad SMARTS) is 2. The minimum Gasteiger partial charge on any atom is -0.494 e. The van der Waals surface area contributed by atoms with Crippen molar-refractivity contribution in [2.75, 3.05) is 6.61 Å². The fourth-order valence-corrected chi connectivity index (χ4v) is 1.88. The van der Waals surface area contributed by atoms with Crippen molar-refractivity contribution in [2.24, 2.45) is 5.92 Å². The van der Waals surface area contributed by atoms with Crippen LogP contribution in [-0.4, -0.2) is 40.7 Å². The molecule has 0 saturated carbocycles. The lowest BCUT2D eigenvalue weighted by atomic mass is 10.1. The zero-order valence-corrected chi connectivity index (χ0v) is 13.8. The molecule has 1 aromatic rings. The summed E-state index contributed by atoms with van der Waals surface area (Å²) in [4.78, 5) is 33.7. The fraction of sp³-hybridized carbons (Fsp3) is 0.471. The molecule has 1 amide bonds. The van der Waals surface area contributed by atoms with E-state index < -0.39 is 23.9 Å². The van der Waals surface area contributed by atoms with Crippen molar-refractivity contribution in [1.82, 2.24) is 5.32 Å². The molecule has 1 atom stereocenters. The second kappa shape index (κ2) is 9.54. The lowest BCUT2D eigenvalue weighted by molar-refractivity contribution is -0.140. The van der Waals surface area contributed by atoms with Gasteiger partial charge >= 0.3 is 11.9 Å². The summed E-state index contributed by atoms with van der Waals surface area (Å²) in [6, 6.07) is 5.12. The average Bonchev–Trinajstić information content (AvgIpc) is 2.51. The van der Waals surface area contributed by atoms with E-state index in [1.54, 1.807) is 12.1 Å². The normalized spacial score (nSPS) is 11.8. The fourth-order valence-electron chi connectivity index (χ4n) is 1.88. The number of nitrogens with one attached hydrogen (secondary N) is 1. The molecule has 0 aliphatic heterocycles. The Morgan fingerprint density at radius 3 is 2.21 bits per heavy atom. The van der Waals surface area contributed by atoms with E-state index in [1.807, 2.05) is 0 Å². The third-order valence-electron chi connectivity index (χ3n) is 3.33. The number of carbonyl (C=O) groups is 3. The molecule has 0 aromatic heterocycles. The minimum atomic E-state index is -1.27. The lowest BCUT2D eigenvalue weighted by Gasteiger charge is -2.14. The number of rotatable bonds is 10. The van der Waals surface area contributed by atoms with E-state index >= 15 is 0 Å². The molecule has 1 rings (SSSR count). The van der Waals surface area contributed by atoms with Crippen LogP contribution in [0.25, 0.3) is 0 Å². The molecular formula is C17H23NO6. The third kappa shape index (κ3) is 7.13. The van der Waals surface area contributed by atoms with Gasteiger partial charge in [0, 0.05) is 12.0 Å². The molecule has 7 heteroatoms. The van der Waals surface area contributed by atoms with Gasteiger partial charge in [-0.2, -0.15) is 0 Å². The summed E-state index contributed by atoms with van der Waals surface area (Å²) in [6.07, 6.45) is 0.415. The Bertz CT molecular complexity index is 567. The predicted molar refractivity (Wildman–Crippen MR) is 87.2 cm³/mol. The summed E-state index contributed by atoms with van der Waals surface area (Å²) in [5.41, 5.74) is 0.285. The first-order valence-electron chi connectivity index (χ1n) is 7.78. The second-order valence-electron chi connectivity index (χ2n) is 5.85. The summed E-state index contributed by atoms with van der Waals surface area (Å²) < 4.78 is 5.54. The van der Waals surface area contributed by atoms with Crippen LogP contribution in [0.5, 0.6) is 5.75 Å². The Labute approximate surface area is 140 Å². The maximum atomic E-state index is 12.1. The van der Waals surface area contributed by atoms with Crippen LogP contribution in [0.15, 0.2) is 24.3 Å². The van der Waals surface area contributed by atoms with Crippen LogP contribution in [-0.2, 0) is 9.59 Å². The Morgan fingerprint density at radius 1 is 1.08 bits per heavy atom. The van der Waals surface area contributed by atoms with Gasteiger partial charge in [0.1, 0.15) is 11.8 Å². The number of benzene rings is 1. The Morgan fingerprint density at radius 2 is 1.71 bits per heavy atom. The maximum absolute atomic E-state index is 12.1. The number of amides is 1. The molecule has 0 spiro atoms. The van der Waals surface area contributed by atoms with Crippen molar-refractivity contribution >= 4 is 17.8 Å². The molecule has 1 unspecified atom stereocenters. The van der Waals surface area contributed by atoms with E-state index in [0.717, 1.165) is 6.42 Å². The van der Waals surface area contributed by atoms with E-state index in [0.29, 0.717) is 18.3 Å². The van der Waals surface area contributed by atoms with Crippen LogP contribution in [0.4, 0.5) is 0 Å². The Kier molecular flexibility index (Phi) is 7.74. The number of ether oxygens (including phenoxy) is 1. The van der Waals surface area contributed by atoms with Gasteiger partial charge in [0.05, 0.1) is 6.61 Å². The molecule has 24 heavy (non-hydrogen) atoms. The topological polar surface area (TPSA) is 113 Å². The first kappa shape index (κ1) is 19.5. The van der Waals surface area contributed by atoms with Crippen molar-refractivity contribution in [1.29, 1.82) is 0 Å². The van der Waals surface area contributed by atoms with Crippen molar-refractivity contribution in [3.8, 4) is 5.75 Å². The monoisotopic (exact) mass is 337 g/mol. The third-order valence-corrected chi connectivity index (χ3v) is 3.33. The van der Waals surface area contributed by atoms with E-state index in [4.69, 9.17) is 14.9 Å². The zero-order valence-electron chi connectivity index (χ0n) is 13.8. The highest BCUT2D eigenvalue weighted by Crippen LogP contribution is 2.14. The Balaban J connectivity index is 2.59. The summed E-state index contributed by atoms with van der Waals surface area (Å²) in [7, 11) is 0. The molecule has 0 aliphatic carbocycles. The maximum Gasteiger partial charge on any atom is 0.326 e. The number of carbonyl (C=O) groups excluding carboxylic acids is 1. The van der Waals surface area contributed by atoms with Gasteiger partial charge < -0.3 is 20.3 Å². The molecule has 7 nitrogen and oxygen atoms in total. The van der Waals surface area contributed by atoms with Crippen molar-refractivity contribution < 1.29 is 29.3 Å². The van der Waals surface area contributed by atoms with Gasteiger partial charge in [-0.05, 0) is 43.0 Å². The average molecular weight is 337 g/mol. The summed E-state index contributed by atoms with van der Waals surface area (Å²) in [5, 5.41) is 20.0. The number of carboxylic acids is 2. The highest BCUT2D eigenvalue weighted by atomic mass is 16.5. The van der Waals surface area contributed by atoms with Gasteiger partial charge in [0.15, 0.2) is 0 Å². The quantitative estimate of drug-likeness (QED) is 0.603. The SMILES string of the molecule is CC(C)CCOc1ccc(C(=O)NC(CCC(=O)O)C(=O)O)cc1. The van der Waals surface area contributed by atoms with Gasteiger partial charge in [0.25, 0.3) is 5.91 Å². The van der Waals surface area contributed by atoms with Gasteiger partial charge in [-0.3, -0.25) is 9.59 Å². The smallest absolute Gasteiger partial charge is 0.326 e. The Hall–Kier alpha value is -2.57. The zero-order chi connectivity index (χ0) is 18.1. The molecule has 0 aliphatic rings. The van der Waals surface area contributed by atoms with Crippen LogP contribution in [0.2, 0.25) is 0 Å². The van der Waals surface area contributed by atoms with Crippen LogP contribution in [0.1, 0.15) is 43.5 Å². The molecule has 3 N–H and O–H groups in total. The minimum absolute atomic E-state index is 0.174. The molecule has 0 saturated heterocycles. The van der Waals surface area contributed by atoms with Gasteiger partial charge in [-0.1, -0.05) is 13.8 Å². The summed E-state index contributed by atoms with van der Waals surface area (Å²) >= 11 is 0. The largest absolute Gasteiger partial charge is 0.494 e. The first-order chi connectivity index (χ1) is 11.3. The number of aliphatic carboxylic acids is 2. The summed E-state index contributed by atoms with van der Waals surface area (Å²) in [5.74, 6) is -1.78. The standard InChI is InChI=1S/C17H23NO6/c1-11(2)9-10-24-13-5-3-12(4-6-13)16(21)18-14(17(22)23)7-8-15(19)20/h3-6,11,14H,7-10H2,1-2H3,(H,18,21)(H,19,20)(H,22,23). The predicted octanol–water partition coefficient (Wildman–Crippen LogP) is 2.16. The van der Waals surface area contributed by atoms with E-state index in [1.165, 1.54) is 12.1 Å². The van der Waals surface area contributed by atoms with Gasteiger partial charge in [-0.25, -0.2) is 4.79 Å². The van der Waals surface area contributed by atoms with E-state index in [9.17, 15) is 14.4 Å². The molecule has 0 heterocycles. The van der Waals surface area contributed by atoms with Crippen LogP contribution in [0, 0.1) is 5.92 Å². The second-order valence-corrected chi connectivity index (χ2v) is 5.85. The molecule has 1 aromatic carbocycles. The van der Waals surface area contributed by atoms with Crippen molar-refractivity contribution in [3.63, 3.8) is 0 Å². The molecule has 0 fully saturated rings. The molecular weight excluding hydrogens is 314 g/mol. The number of hydrogen-bond donors (Lipinski definition) is 3.